The molecule has 0 heteroatoms. The Kier molecular flexibility index (Phi) is 5.18. The van der Waals surface area contributed by atoms with Crippen LogP contribution in [0, 0.1) is 23.7 Å². The maximum atomic E-state index is 3.44. The highest BCUT2D eigenvalue weighted by atomic mass is 14.2. The van der Waals surface area contributed by atoms with Crippen molar-refractivity contribution in [2.75, 3.05) is 0 Å². The van der Waals surface area contributed by atoms with Gasteiger partial charge in [0.25, 0.3) is 0 Å². The van der Waals surface area contributed by atoms with Gasteiger partial charge in [-0.1, -0.05) is 75.3 Å². The molecule has 0 amide bonds. The molecule has 0 aromatic heterocycles. The molecule has 138 valence electrons. The molecule has 0 radical (unpaired) electrons. The minimum absolute atomic E-state index is 0. The second-order valence-corrected chi connectivity index (χ2v) is 6.82. The molecule has 0 aliphatic heterocycles. The Labute approximate surface area is 169 Å². The third-order valence-corrected chi connectivity index (χ3v) is 5.48. The second-order valence-electron chi connectivity index (χ2n) is 6.82. The van der Waals surface area contributed by atoms with Crippen molar-refractivity contribution >= 4 is 33.7 Å². The maximum Gasteiger partial charge on any atom is 0.0406 e. The summed E-state index contributed by atoms with van der Waals surface area (Å²) in [5.41, 5.74) is 7.73. The highest BCUT2D eigenvalue weighted by Crippen LogP contribution is 2.41. The van der Waals surface area contributed by atoms with E-state index >= 15 is 0 Å². The molecule has 0 nitrogen and oxygen atoms in total. The Hall–Kier alpha value is -3.22. The molecule has 0 bridgehead atoms. The number of rotatable bonds is 0. The Morgan fingerprint density at radius 3 is 1.46 bits per heavy atom. The van der Waals surface area contributed by atoms with Crippen LogP contribution in [0.2, 0.25) is 0 Å². The van der Waals surface area contributed by atoms with E-state index in [4.69, 9.17) is 0 Å². The largest absolute Gasteiger partial charge is 0.101 e. The quantitative estimate of drug-likeness (QED) is 0.294. The number of hydrogen-bond acceptors (Lipinski definition) is 0. The molecule has 0 saturated carbocycles. The first kappa shape index (κ1) is 19.5. The van der Waals surface area contributed by atoms with Crippen LogP contribution in [0.15, 0.2) is 36.4 Å². The summed E-state index contributed by atoms with van der Waals surface area (Å²) >= 11 is 0. The molecule has 2 aliphatic carbocycles. The van der Waals surface area contributed by atoms with Crippen molar-refractivity contribution in [3.63, 3.8) is 0 Å². The molecular weight excluding hydrogens is 336 g/mol. The molecule has 0 unspecified atom stereocenters. The van der Waals surface area contributed by atoms with Crippen LogP contribution < -0.4 is 0 Å². The van der Waals surface area contributed by atoms with Crippen molar-refractivity contribution < 1.29 is 0 Å². The first-order valence-corrected chi connectivity index (χ1v) is 9.09. The number of hydrogen-bond donors (Lipinski definition) is 0. The lowest BCUT2D eigenvalue weighted by Crippen LogP contribution is -1.98. The molecule has 3 aromatic rings. The molecule has 0 fully saturated rings. The molecular formula is C28H26. The molecule has 0 atom stereocenters. The van der Waals surface area contributed by atoms with E-state index in [2.05, 4.69) is 72.3 Å². The van der Waals surface area contributed by atoms with Crippen molar-refractivity contribution in [3.05, 3.63) is 69.8 Å². The van der Waals surface area contributed by atoms with Crippen molar-refractivity contribution in [1.82, 2.24) is 0 Å². The van der Waals surface area contributed by atoms with Gasteiger partial charge in [0.15, 0.2) is 0 Å². The molecule has 0 N–H and O–H groups in total. The van der Waals surface area contributed by atoms with Crippen LogP contribution in [-0.2, 0) is 12.8 Å². The maximum absolute atomic E-state index is 3.44. The van der Waals surface area contributed by atoms with Gasteiger partial charge in [0.05, 0.1) is 0 Å². The van der Waals surface area contributed by atoms with Gasteiger partial charge in [-0.2, -0.15) is 0 Å². The lowest BCUT2D eigenvalue weighted by Gasteiger charge is -2.17. The minimum Gasteiger partial charge on any atom is -0.101 e. The highest BCUT2D eigenvalue weighted by Gasteiger charge is 2.21. The van der Waals surface area contributed by atoms with E-state index in [9.17, 15) is 0 Å². The van der Waals surface area contributed by atoms with Crippen LogP contribution in [0.25, 0.3) is 33.7 Å². The Balaban J connectivity index is 0.00000112. The molecule has 5 rings (SSSR count). The van der Waals surface area contributed by atoms with Gasteiger partial charge >= 0.3 is 0 Å². The number of allylic oxidation sites excluding steroid dienone is 2. The average Bonchev–Trinajstić information content (AvgIpc) is 3.32. The highest BCUT2D eigenvalue weighted by molar-refractivity contribution is 6.13. The third kappa shape index (κ3) is 2.58. The first-order valence-electron chi connectivity index (χ1n) is 9.09. The zero-order chi connectivity index (χ0) is 17.7. The summed E-state index contributed by atoms with van der Waals surface area (Å²) in [6, 6.07) is 8.95. The Bertz CT molecular complexity index is 1190. The standard InChI is InChI=1S/C26H18.2CH4/c1-3-7-21-23-15-13-18-10-6-12-20(18)26(23)22(8-4-2)24-16-14-17-9-5-11-19(17)25(21)24;;/h5-6,9-10,13-16H,11-12H2,1-2H3;2*1H4. The van der Waals surface area contributed by atoms with Crippen molar-refractivity contribution in [2.24, 2.45) is 0 Å². The van der Waals surface area contributed by atoms with Crippen LogP contribution >= 0.6 is 0 Å². The zero-order valence-corrected chi connectivity index (χ0v) is 15.0. The Morgan fingerprint density at radius 2 is 1.07 bits per heavy atom. The van der Waals surface area contributed by atoms with Gasteiger partial charge in [-0.05, 0) is 59.7 Å². The number of benzene rings is 3. The SMILES string of the molecule is C.C.CC#Cc1c2ccc3c(c2c(C#CC)c2ccc4c(c12)CC=C4)CC=C3. The third-order valence-electron chi connectivity index (χ3n) is 5.48. The van der Waals surface area contributed by atoms with Crippen LogP contribution in [0.5, 0.6) is 0 Å². The van der Waals surface area contributed by atoms with Gasteiger partial charge in [0, 0.05) is 21.9 Å². The van der Waals surface area contributed by atoms with Crippen LogP contribution in [0.1, 0.15) is 62.1 Å². The van der Waals surface area contributed by atoms with E-state index in [-0.39, 0.29) is 14.9 Å². The lowest BCUT2D eigenvalue weighted by molar-refractivity contribution is 1.33. The summed E-state index contributed by atoms with van der Waals surface area (Å²) in [7, 11) is 0. The average molecular weight is 363 g/mol. The zero-order valence-electron chi connectivity index (χ0n) is 15.0. The van der Waals surface area contributed by atoms with Gasteiger partial charge in [-0.15, -0.1) is 11.8 Å². The van der Waals surface area contributed by atoms with E-state index in [0.29, 0.717) is 0 Å². The minimum atomic E-state index is 0. The lowest BCUT2D eigenvalue weighted by atomic mass is 9.85. The fraction of sp³-hybridized carbons (Fsp3) is 0.214. The summed E-state index contributed by atoms with van der Waals surface area (Å²) in [6.45, 7) is 3.85. The van der Waals surface area contributed by atoms with E-state index in [1.165, 1.54) is 43.8 Å². The molecule has 3 aromatic carbocycles. The van der Waals surface area contributed by atoms with E-state index in [1.54, 1.807) is 0 Å². The summed E-state index contributed by atoms with van der Waals surface area (Å²) < 4.78 is 0. The fourth-order valence-electron chi connectivity index (χ4n) is 4.45. The van der Waals surface area contributed by atoms with Crippen molar-refractivity contribution in [1.29, 1.82) is 0 Å². The van der Waals surface area contributed by atoms with Crippen LogP contribution in [0.4, 0.5) is 0 Å². The molecule has 0 heterocycles. The molecule has 28 heavy (non-hydrogen) atoms. The molecule has 2 aliphatic rings. The van der Waals surface area contributed by atoms with E-state index in [0.717, 1.165) is 24.0 Å². The van der Waals surface area contributed by atoms with Gasteiger partial charge < -0.3 is 0 Å². The summed E-state index contributed by atoms with van der Waals surface area (Å²) in [4.78, 5) is 0. The summed E-state index contributed by atoms with van der Waals surface area (Å²) in [5, 5.41) is 5.07. The predicted octanol–water partition coefficient (Wildman–Crippen LogP) is 7.15. The normalized spacial score (nSPS) is 12.4. The summed E-state index contributed by atoms with van der Waals surface area (Å²) in [6.07, 6.45) is 10.9. The van der Waals surface area contributed by atoms with Crippen LogP contribution in [0.3, 0.4) is 0 Å². The van der Waals surface area contributed by atoms with Crippen molar-refractivity contribution in [3.8, 4) is 23.7 Å². The van der Waals surface area contributed by atoms with Gasteiger partial charge in [-0.3, -0.25) is 0 Å². The van der Waals surface area contributed by atoms with Crippen molar-refractivity contribution in [2.45, 2.75) is 41.5 Å². The summed E-state index contributed by atoms with van der Waals surface area (Å²) in [5.74, 6) is 13.2. The molecule has 0 spiro atoms. The topological polar surface area (TPSA) is 0 Å². The van der Waals surface area contributed by atoms with Gasteiger partial charge in [-0.25, -0.2) is 0 Å². The second kappa shape index (κ2) is 7.42. The van der Waals surface area contributed by atoms with E-state index < -0.39 is 0 Å². The number of fused-ring (bicyclic) bond motifs is 6. The monoisotopic (exact) mass is 362 g/mol. The van der Waals surface area contributed by atoms with E-state index in [1.807, 2.05) is 13.8 Å². The Morgan fingerprint density at radius 1 is 0.643 bits per heavy atom. The van der Waals surface area contributed by atoms with Gasteiger partial charge in [0.2, 0.25) is 0 Å². The smallest absolute Gasteiger partial charge is 0.0406 e. The first-order chi connectivity index (χ1) is 12.8. The fourth-order valence-corrected chi connectivity index (χ4v) is 4.45. The van der Waals surface area contributed by atoms with Crippen LogP contribution in [-0.4, -0.2) is 0 Å². The molecule has 0 saturated heterocycles. The van der Waals surface area contributed by atoms with Gasteiger partial charge in [0.1, 0.15) is 0 Å². The predicted molar refractivity (Wildman–Crippen MR) is 125 cm³/mol.